The lowest BCUT2D eigenvalue weighted by molar-refractivity contribution is -0.127. The quantitative estimate of drug-likeness (QED) is 0.724. The highest BCUT2D eigenvalue weighted by Gasteiger charge is 2.09. The molecule has 3 amide bonds. The summed E-state index contributed by atoms with van der Waals surface area (Å²) in [5, 5.41) is 5.78. The lowest BCUT2D eigenvalue weighted by Crippen LogP contribution is -2.33. The molecule has 1 aromatic carbocycles. The maximum atomic E-state index is 12.0. The van der Waals surface area contributed by atoms with Crippen LogP contribution in [0.3, 0.4) is 0 Å². The molecule has 24 heavy (non-hydrogen) atoms. The molecule has 5 heteroatoms. The summed E-state index contributed by atoms with van der Waals surface area (Å²) >= 11 is 0. The van der Waals surface area contributed by atoms with Crippen LogP contribution in [0.15, 0.2) is 24.3 Å². The van der Waals surface area contributed by atoms with Crippen LogP contribution in [0.2, 0.25) is 0 Å². The van der Waals surface area contributed by atoms with E-state index in [0.29, 0.717) is 18.9 Å². The number of nitrogens with one attached hydrogen (secondary N) is 2. The van der Waals surface area contributed by atoms with Crippen molar-refractivity contribution >= 4 is 17.6 Å². The summed E-state index contributed by atoms with van der Waals surface area (Å²) in [6.45, 7) is 5.05. The number of benzene rings is 1. The van der Waals surface area contributed by atoms with Crippen molar-refractivity contribution in [3.05, 3.63) is 29.8 Å². The van der Waals surface area contributed by atoms with Crippen molar-refractivity contribution in [1.82, 2.24) is 10.2 Å². The van der Waals surface area contributed by atoms with Crippen molar-refractivity contribution in [2.75, 3.05) is 26.0 Å². The van der Waals surface area contributed by atoms with Gasteiger partial charge in [-0.05, 0) is 30.0 Å². The SMILES string of the molecule is CCCCC(CC)CNC(=O)Nc1ccc(CC(=O)N(C)C)cc1. The highest BCUT2D eigenvalue weighted by molar-refractivity contribution is 5.89. The normalized spacial score (nSPS) is 11.7. The van der Waals surface area contributed by atoms with Gasteiger partial charge in [0, 0.05) is 26.3 Å². The Morgan fingerprint density at radius 1 is 1.12 bits per heavy atom. The fraction of sp³-hybridized carbons (Fsp3) is 0.579. The Hall–Kier alpha value is -2.04. The van der Waals surface area contributed by atoms with Crippen LogP contribution in [0.5, 0.6) is 0 Å². The number of carbonyl (C=O) groups excluding carboxylic acids is 2. The lowest BCUT2D eigenvalue weighted by atomic mass is 9.99. The predicted molar refractivity (Wildman–Crippen MR) is 99.2 cm³/mol. The third-order valence-electron chi connectivity index (χ3n) is 4.16. The van der Waals surface area contributed by atoms with Crippen LogP contribution >= 0.6 is 0 Å². The van der Waals surface area contributed by atoms with Gasteiger partial charge in [0.2, 0.25) is 5.91 Å². The minimum Gasteiger partial charge on any atom is -0.349 e. The van der Waals surface area contributed by atoms with Crippen molar-refractivity contribution in [3.63, 3.8) is 0 Å². The molecule has 0 bridgehead atoms. The number of hydrogen-bond donors (Lipinski definition) is 2. The zero-order valence-corrected chi connectivity index (χ0v) is 15.4. The van der Waals surface area contributed by atoms with Gasteiger partial charge in [0.1, 0.15) is 0 Å². The Morgan fingerprint density at radius 2 is 1.79 bits per heavy atom. The van der Waals surface area contributed by atoms with Crippen molar-refractivity contribution < 1.29 is 9.59 Å². The van der Waals surface area contributed by atoms with Gasteiger partial charge in [-0.2, -0.15) is 0 Å². The van der Waals surface area contributed by atoms with E-state index in [4.69, 9.17) is 0 Å². The number of hydrogen-bond acceptors (Lipinski definition) is 2. The van der Waals surface area contributed by atoms with Crippen molar-refractivity contribution in [2.24, 2.45) is 5.92 Å². The average molecular weight is 333 g/mol. The molecule has 1 unspecified atom stereocenters. The number of likely N-dealkylation sites (N-methyl/N-ethyl adjacent to an activating group) is 1. The number of urea groups is 1. The standard InChI is InChI=1S/C19H31N3O2/c1-5-7-8-15(6-2)14-20-19(24)21-17-11-9-16(10-12-17)13-18(23)22(3)4/h9-12,15H,5-8,13-14H2,1-4H3,(H2,20,21,24). The Labute approximate surface area is 145 Å². The van der Waals surface area contributed by atoms with E-state index in [-0.39, 0.29) is 11.9 Å². The molecule has 0 saturated heterocycles. The van der Waals surface area contributed by atoms with Gasteiger partial charge in [0.15, 0.2) is 0 Å². The first-order valence-electron chi connectivity index (χ1n) is 8.80. The van der Waals surface area contributed by atoms with Crippen molar-refractivity contribution in [2.45, 2.75) is 46.0 Å². The van der Waals surface area contributed by atoms with Gasteiger partial charge in [0.05, 0.1) is 6.42 Å². The first kappa shape index (κ1) is 20.0. The van der Waals surface area contributed by atoms with E-state index in [1.54, 1.807) is 19.0 Å². The average Bonchev–Trinajstić information content (AvgIpc) is 2.56. The van der Waals surface area contributed by atoms with Gasteiger partial charge in [-0.15, -0.1) is 0 Å². The smallest absolute Gasteiger partial charge is 0.319 e. The highest BCUT2D eigenvalue weighted by Crippen LogP contribution is 2.12. The van der Waals surface area contributed by atoms with E-state index in [1.807, 2.05) is 24.3 Å². The molecule has 1 rings (SSSR count). The first-order chi connectivity index (χ1) is 11.5. The Bertz CT molecular complexity index is 512. The molecule has 0 spiro atoms. The van der Waals surface area contributed by atoms with Gasteiger partial charge < -0.3 is 15.5 Å². The second-order valence-electron chi connectivity index (χ2n) is 6.41. The van der Waals surface area contributed by atoms with Crippen molar-refractivity contribution in [1.29, 1.82) is 0 Å². The Kier molecular flexibility index (Phi) is 8.90. The fourth-order valence-electron chi connectivity index (χ4n) is 2.39. The minimum absolute atomic E-state index is 0.0612. The molecule has 0 saturated carbocycles. The van der Waals surface area contributed by atoms with Gasteiger partial charge in [-0.1, -0.05) is 45.2 Å². The van der Waals surface area contributed by atoms with Crippen LogP contribution < -0.4 is 10.6 Å². The molecule has 0 fully saturated rings. The number of unbranched alkanes of at least 4 members (excludes halogenated alkanes) is 1. The highest BCUT2D eigenvalue weighted by atomic mass is 16.2. The fourth-order valence-corrected chi connectivity index (χ4v) is 2.39. The monoisotopic (exact) mass is 333 g/mol. The summed E-state index contributed by atoms with van der Waals surface area (Å²) in [5.74, 6) is 0.598. The molecule has 0 aliphatic rings. The maximum Gasteiger partial charge on any atom is 0.319 e. The van der Waals surface area contributed by atoms with Gasteiger partial charge in [-0.25, -0.2) is 4.79 Å². The summed E-state index contributed by atoms with van der Waals surface area (Å²) < 4.78 is 0. The lowest BCUT2D eigenvalue weighted by Gasteiger charge is -2.16. The molecule has 5 nitrogen and oxygen atoms in total. The third-order valence-corrected chi connectivity index (χ3v) is 4.16. The van der Waals surface area contributed by atoms with E-state index in [1.165, 1.54) is 12.8 Å². The molecular weight excluding hydrogens is 302 g/mol. The van der Waals surface area contributed by atoms with Crippen LogP contribution in [-0.2, 0) is 11.2 Å². The van der Waals surface area contributed by atoms with E-state index in [0.717, 1.165) is 24.1 Å². The van der Waals surface area contributed by atoms with Crippen LogP contribution in [0, 0.1) is 5.92 Å². The summed E-state index contributed by atoms with van der Waals surface area (Å²) in [5.41, 5.74) is 1.67. The van der Waals surface area contributed by atoms with E-state index in [2.05, 4.69) is 24.5 Å². The van der Waals surface area contributed by atoms with Crippen LogP contribution in [-0.4, -0.2) is 37.5 Å². The molecule has 0 radical (unpaired) electrons. The summed E-state index contributed by atoms with van der Waals surface area (Å²) in [6.07, 6.45) is 4.99. The minimum atomic E-state index is -0.179. The number of nitrogens with zero attached hydrogens (tertiary/aromatic N) is 1. The number of amides is 3. The van der Waals surface area contributed by atoms with Gasteiger partial charge >= 0.3 is 6.03 Å². The summed E-state index contributed by atoms with van der Waals surface area (Å²) in [4.78, 5) is 25.2. The summed E-state index contributed by atoms with van der Waals surface area (Å²) in [7, 11) is 3.49. The Balaban J connectivity index is 2.42. The van der Waals surface area contributed by atoms with E-state index < -0.39 is 0 Å². The molecule has 0 aliphatic heterocycles. The second kappa shape index (κ2) is 10.7. The zero-order chi connectivity index (χ0) is 17.9. The number of anilines is 1. The molecule has 0 aromatic heterocycles. The molecule has 1 aromatic rings. The van der Waals surface area contributed by atoms with Gasteiger partial charge in [0.25, 0.3) is 0 Å². The van der Waals surface area contributed by atoms with Crippen LogP contribution in [0.25, 0.3) is 0 Å². The third kappa shape index (κ3) is 7.49. The largest absolute Gasteiger partial charge is 0.349 e. The molecule has 2 N–H and O–H groups in total. The summed E-state index contributed by atoms with van der Waals surface area (Å²) in [6, 6.07) is 7.21. The van der Waals surface area contributed by atoms with Gasteiger partial charge in [-0.3, -0.25) is 4.79 Å². The topological polar surface area (TPSA) is 61.4 Å². The zero-order valence-electron chi connectivity index (χ0n) is 15.4. The molecule has 1 atom stereocenters. The van der Waals surface area contributed by atoms with Crippen molar-refractivity contribution in [3.8, 4) is 0 Å². The van der Waals surface area contributed by atoms with E-state index >= 15 is 0 Å². The van der Waals surface area contributed by atoms with Crippen LogP contribution in [0.1, 0.15) is 45.1 Å². The van der Waals surface area contributed by atoms with E-state index in [9.17, 15) is 9.59 Å². The molecule has 0 heterocycles. The molecule has 134 valence electrons. The first-order valence-corrected chi connectivity index (χ1v) is 8.80. The Morgan fingerprint density at radius 3 is 2.33 bits per heavy atom. The molecule has 0 aliphatic carbocycles. The second-order valence-corrected chi connectivity index (χ2v) is 6.41. The molecular formula is C19H31N3O2. The number of carbonyl (C=O) groups is 2. The number of rotatable bonds is 9. The van der Waals surface area contributed by atoms with Crippen LogP contribution in [0.4, 0.5) is 10.5 Å². The maximum absolute atomic E-state index is 12.0. The predicted octanol–water partition coefficient (Wildman–Crippen LogP) is 3.66.